The first-order valence-electron chi connectivity index (χ1n) is 11.0. The standard InChI is InChI=1S/C26H27BrN2O5S/c1-28(2)15-16-33-26-21-11-7-8-12-23(21)29(25(26)19-9-5-4-6-10-19)34-18-35(30,31)24-14-13-20(32-3)17-22(24)27/h4-14,17H,15-16,18H2,1-3H3. The van der Waals surface area contributed by atoms with Crippen molar-refractivity contribution in [2.75, 3.05) is 40.3 Å². The lowest BCUT2D eigenvalue weighted by Gasteiger charge is -2.15. The van der Waals surface area contributed by atoms with E-state index in [0.29, 0.717) is 28.3 Å². The van der Waals surface area contributed by atoms with Gasteiger partial charge in [-0.15, -0.1) is 0 Å². The van der Waals surface area contributed by atoms with E-state index in [1.54, 1.807) is 16.9 Å². The third-order valence-corrected chi connectivity index (χ3v) is 7.79. The van der Waals surface area contributed by atoms with Crippen LogP contribution in [0.1, 0.15) is 0 Å². The monoisotopic (exact) mass is 558 g/mol. The van der Waals surface area contributed by atoms with Gasteiger partial charge in [0.1, 0.15) is 18.1 Å². The Kier molecular flexibility index (Phi) is 7.69. The van der Waals surface area contributed by atoms with Crippen molar-refractivity contribution in [3.63, 3.8) is 0 Å². The molecule has 0 radical (unpaired) electrons. The van der Waals surface area contributed by atoms with Crippen LogP contribution in [0.15, 0.2) is 82.2 Å². The van der Waals surface area contributed by atoms with E-state index in [0.717, 1.165) is 23.0 Å². The number of aromatic nitrogens is 1. The number of para-hydroxylation sites is 1. The Balaban J connectivity index is 1.77. The number of likely N-dealkylation sites (N-methyl/N-ethyl adjacent to an activating group) is 1. The fraction of sp³-hybridized carbons (Fsp3) is 0.231. The summed E-state index contributed by atoms with van der Waals surface area (Å²) >= 11 is 3.34. The fourth-order valence-electron chi connectivity index (χ4n) is 3.68. The van der Waals surface area contributed by atoms with Crippen molar-refractivity contribution < 1.29 is 22.7 Å². The van der Waals surface area contributed by atoms with Gasteiger partial charge in [-0.05, 0) is 60.4 Å². The second kappa shape index (κ2) is 10.7. The highest BCUT2D eigenvalue weighted by atomic mass is 79.9. The molecule has 0 amide bonds. The van der Waals surface area contributed by atoms with E-state index in [9.17, 15) is 8.42 Å². The first-order chi connectivity index (χ1) is 16.8. The number of ether oxygens (including phenoxy) is 2. The number of halogens is 1. The Bertz CT molecular complexity index is 1420. The molecule has 0 aliphatic carbocycles. The second-order valence-electron chi connectivity index (χ2n) is 8.17. The van der Waals surface area contributed by atoms with Crippen LogP contribution in [0.25, 0.3) is 22.2 Å². The van der Waals surface area contributed by atoms with Crippen molar-refractivity contribution in [3.05, 3.63) is 77.3 Å². The summed E-state index contributed by atoms with van der Waals surface area (Å²) in [5, 5.41) is 0.841. The van der Waals surface area contributed by atoms with Gasteiger partial charge in [-0.1, -0.05) is 42.5 Å². The quantitative estimate of drug-likeness (QED) is 0.276. The Morgan fingerprint density at radius 2 is 1.69 bits per heavy atom. The van der Waals surface area contributed by atoms with Crippen molar-refractivity contribution in [1.82, 2.24) is 9.63 Å². The van der Waals surface area contributed by atoms with Crippen molar-refractivity contribution in [2.24, 2.45) is 0 Å². The molecule has 9 heteroatoms. The van der Waals surface area contributed by atoms with E-state index >= 15 is 0 Å². The molecule has 0 spiro atoms. The van der Waals surface area contributed by atoms with E-state index in [1.165, 1.54) is 13.2 Å². The van der Waals surface area contributed by atoms with Crippen LogP contribution in [0.5, 0.6) is 11.5 Å². The van der Waals surface area contributed by atoms with Crippen LogP contribution in [-0.4, -0.2) is 58.3 Å². The zero-order chi connectivity index (χ0) is 25.0. The van der Waals surface area contributed by atoms with Gasteiger partial charge in [0.15, 0.2) is 5.75 Å². The summed E-state index contributed by atoms with van der Waals surface area (Å²) in [5.41, 5.74) is 2.23. The largest absolute Gasteiger partial charge is 0.497 e. The average Bonchev–Trinajstić information content (AvgIpc) is 3.16. The molecule has 0 N–H and O–H groups in total. The highest BCUT2D eigenvalue weighted by Gasteiger charge is 2.25. The molecule has 35 heavy (non-hydrogen) atoms. The third-order valence-electron chi connectivity index (χ3n) is 5.43. The van der Waals surface area contributed by atoms with E-state index in [-0.39, 0.29) is 4.90 Å². The maximum absolute atomic E-state index is 13.2. The number of benzene rings is 3. The summed E-state index contributed by atoms with van der Waals surface area (Å²) in [4.78, 5) is 8.19. The minimum absolute atomic E-state index is 0.124. The Hall–Kier alpha value is -3.01. The highest BCUT2D eigenvalue weighted by Crippen LogP contribution is 2.39. The van der Waals surface area contributed by atoms with Crippen molar-refractivity contribution >= 4 is 36.7 Å². The van der Waals surface area contributed by atoms with Gasteiger partial charge in [-0.2, -0.15) is 4.73 Å². The summed E-state index contributed by atoms with van der Waals surface area (Å²) in [7, 11) is 1.70. The predicted octanol–water partition coefficient (Wildman–Crippen LogP) is 4.88. The summed E-state index contributed by atoms with van der Waals surface area (Å²) < 4.78 is 39.8. The predicted molar refractivity (Wildman–Crippen MR) is 141 cm³/mol. The molecule has 4 aromatic rings. The molecule has 1 heterocycles. The van der Waals surface area contributed by atoms with Crippen LogP contribution in [0.4, 0.5) is 0 Å². The molecule has 0 bridgehead atoms. The average molecular weight is 559 g/mol. The topological polar surface area (TPSA) is 70.0 Å². The molecule has 0 atom stereocenters. The highest BCUT2D eigenvalue weighted by molar-refractivity contribution is 9.10. The summed E-state index contributed by atoms with van der Waals surface area (Å²) in [6, 6.07) is 22.0. The van der Waals surface area contributed by atoms with Crippen LogP contribution in [0, 0.1) is 0 Å². The summed E-state index contributed by atoms with van der Waals surface area (Å²) in [5.74, 6) is 0.642. The lowest BCUT2D eigenvalue weighted by atomic mass is 10.1. The van der Waals surface area contributed by atoms with E-state index in [2.05, 4.69) is 15.9 Å². The maximum Gasteiger partial charge on any atom is 0.219 e. The van der Waals surface area contributed by atoms with E-state index in [1.807, 2.05) is 73.6 Å². The molecule has 7 nitrogen and oxygen atoms in total. The number of methoxy groups -OCH3 is 1. The molecule has 4 rings (SSSR count). The zero-order valence-electron chi connectivity index (χ0n) is 19.8. The van der Waals surface area contributed by atoms with Crippen LogP contribution in [-0.2, 0) is 9.84 Å². The lowest BCUT2D eigenvalue weighted by Crippen LogP contribution is -2.22. The van der Waals surface area contributed by atoms with E-state index in [4.69, 9.17) is 14.3 Å². The number of nitrogens with zero attached hydrogens (tertiary/aromatic N) is 2. The maximum atomic E-state index is 13.2. The first kappa shape index (κ1) is 25.1. The molecular formula is C26H27BrN2O5S. The molecule has 0 aliphatic heterocycles. The molecule has 3 aromatic carbocycles. The van der Waals surface area contributed by atoms with Gasteiger partial charge < -0.3 is 19.2 Å². The lowest BCUT2D eigenvalue weighted by molar-refractivity contribution is 0.161. The first-order valence-corrected chi connectivity index (χ1v) is 13.4. The molecule has 0 saturated carbocycles. The van der Waals surface area contributed by atoms with Gasteiger partial charge in [-0.25, -0.2) is 8.42 Å². The number of sulfone groups is 1. The molecular weight excluding hydrogens is 532 g/mol. The number of fused-ring (bicyclic) bond motifs is 1. The fourth-order valence-corrected chi connectivity index (χ4v) is 5.78. The number of rotatable bonds is 10. The van der Waals surface area contributed by atoms with Gasteiger partial charge in [-0.3, -0.25) is 0 Å². The Labute approximate surface area is 213 Å². The summed E-state index contributed by atoms with van der Waals surface area (Å²) in [6.45, 7) is 1.20. The normalized spacial score (nSPS) is 11.7. The minimum Gasteiger partial charge on any atom is -0.497 e. The van der Waals surface area contributed by atoms with Gasteiger partial charge in [0.25, 0.3) is 0 Å². The summed E-state index contributed by atoms with van der Waals surface area (Å²) in [6.07, 6.45) is 0. The van der Waals surface area contributed by atoms with Crippen LogP contribution >= 0.6 is 15.9 Å². The van der Waals surface area contributed by atoms with Crippen LogP contribution in [0.3, 0.4) is 0 Å². The van der Waals surface area contributed by atoms with Gasteiger partial charge in [0.05, 0.1) is 17.5 Å². The number of hydrogen-bond donors (Lipinski definition) is 0. The molecule has 0 saturated heterocycles. The minimum atomic E-state index is -3.79. The van der Waals surface area contributed by atoms with E-state index < -0.39 is 15.8 Å². The van der Waals surface area contributed by atoms with Crippen LogP contribution in [0.2, 0.25) is 0 Å². The molecule has 0 aliphatic rings. The van der Waals surface area contributed by atoms with Crippen LogP contribution < -0.4 is 14.3 Å². The zero-order valence-corrected chi connectivity index (χ0v) is 22.2. The molecule has 184 valence electrons. The van der Waals surface area contributed by atoms with Gasteiger partial charge in [0.2, 0.25) is 15.8 Å². The van der Waals surface area contributed by atoms with Crippen molar-refractivity contribution in [1.29, 1.82) is 0 Å². The number of hydrogen-bond acceptors (Lipinski definition) is 6. The van der Waals surface area contributed by atoms with Crippen molar-refractivity contribution in [2.45, 2.75) is 4.90 Å². The smallest absolute Gasteiger partial charge is 0.219 e. The SMILES string of the molecule is COc1ccc(S(=O)(=O)COn2c(-c3ccccc3)c(OCCN(C)C)c3ccccc32)c(Br)c1. The Morgan fingerprint density at radius 1 is 0.971 bits per heavy atom. The van der Waals surface area contributed by atoms with Gasteiger partial charge >= 0.3 is 0 Å². The molecule has 1 aromatic heterocycles. The second-order valence-corrected chi connectivity index (χ2v) is 10.9. The van der Waals surface area contributed by atoms with Crippen molar-refractivity contribution in [3.8, 4) is 22.8 Å². The Morgan fingerprint density at radius 3 is 2.37 bits per heavy atom. The third kappa shape index (κ3) is 5.47. The molecule has 0 fully saturated rings. The molecule has 0 unspecified atom stereocenters. The van der Waals surface area contributed by atoms with Gasteiger partial charge in [0, 0.05) is 22.0 Å².